The molecule has 2 aromatic rings. The van der Waals surface area contributed by atoms with E-state index in [9.17, 15) is 4.79 Å². The standard InChI is InChI=1S/C21H24N2O3.ClH/c22-12-17-13-23(14-18(17)15-5-2-1-3-6-15)21(24)16-7-8-19-20(11-16)26-10-4-9-25-19;/h1-3,5-8,11,17-18H,4,9-10,12-14,22H2;1H/t17-,18+;/m1./s1. The van der Waals surface area contributed by atoms with Gasteiger partial charge in [-0.25, -0.2) is 0 Å². The molecule has 1 fully saturated rings. The van der Waals surface area contributed by atoms with Crippen molar-refractivity contribution in [3.63, 3.8) is 0 Å². The van der Waals surface area contributed by atoms with Crippen molar-refractivity contribution >= 4 is 18.3 Å². The largest absolute Gasteiger partial charge is 0.490 e. The van der Waals surface area contributed by atoms with Gasteiger partial charge in [0.1, 0.15) is 0 Å². The molecular formula is C21H25ClN2O3. The van der Waals surface area contributed by atoms with Crippen LogP contribution in [0.4, 0.5) is 0 Å². The Balaban J connectivity index is 0.00000210. The third-order valence-electron chi connectivity index (χ3n) is 5.25. The summed E-state index contributed by atoms with van der Waals surface area (Å²) in [4.78, 5) is 15.0. The molecular weight excluding hydrogens is 364 g/mol. The SMILES string of the molecule is Cl.NC[C@@H]1CN(C(=O)c2ccc3c(c2)OCCCO3)C[C@H]1c1ccccc1. The van der Waals surface area contributed by atoms with Gasteiger partial charge in [0.2, 0.25) is 0 Å². The average molecular weight is 389 g/mol. The van der Waals surface area contributed by atoms with Crippen LogP contribution >= 0.6 is 12.4 Å². The van der Waals surface area contributed by atoms with Gasteiger partial charge in [0.05, 0.1) is 13.2 Å². The molecule has 2 aromatic carbocycles. The Kier molecular flexibility index (Phi) is 6.24. The van der Waals surface area contributed by atoms with Crippen LogP contribution in [-0.4, -0.2) is 43.7 Å². The Morgan fingerprint density at radius 1 is 1.04 bits per heavy atom. The molecule has 0 aromatic heterocycles. The highest BCUT2D eigenvalue weighted by molar-refractivity contribution is 5.95. The first kappa shape index (κ1) is 19.5. The van der Waals surface area contributed by atoms with E-state index in [4.69, 9.17) is 15.2 Å². The number of nitrogens with zero attached hydrogens (tertiary/aromatic N) is 1. The smallest absolute Gasteiger partial charge is 0.254 e. The lowest BCUT2D eigenvalue weighted by Gasteiger charge is -2.18. The Hall–Kier alpha value is -2.24. The summed E-state index contributed by atoms with van der Waals surface area (Å²) in [5.41, 5.74) is 7.88. The van der Waals surface area contributed by atoms with Gasteiger partial charge >= 0.3 is 0 Å². The number of halogens is 1. The fourth-order valence-electron chi connectivity index (χ4n) is 3.83. The molecule has 4 rings (SSSR count). The number of carbonyl (C=O) groups is 1. The molecule has 2 atom stereocenters. The molecule has 1 saturated heterocycles. The normalized spacial score (nSPS) is 21.3. The van der Waals surface area contributed by atoms with Crippen molar-refractivity contribution in [2.24, 2.45) is 11.7 Å². The first-order valence-corrected chi connectivity index (χ1v) is 9.20. The Bertz CT molecular complexity index is 784. The number of amides is 1. The summed E-state index contributed by atoms with van der Waals surface area (Å²) in [6.45, 7) is 3.20. The molecule has 2 aliphatic rings. The van der Waals surface area contributed by atoms with Gasteiger partial charge in [-0.05, 0) is 36.2 Å². The number of hydrogen-bond donors (Lipinski definition) is 1. The first-order chi connectivity index (χ1) is 12.8. The minimum Gasteiger partial charge on any atom is -0.490 e. The average Bonchev–Trinajstić information content (AvgIpc) is 2.99. The van der Waals surface area contributed by atoms with Crippen LogP contribution in [0.5, 0.6) is 11.5 Å². The number of likely N-dealkylation sites (tertiary alicyclic amines) is 1. The number of hydrogen-bond acceptors (Lipinski definition) is 4. The number of nitrogens with two attached hydrogens (primary N) is 1. The molecule has 0 radical (unpaired) electrons. The summed E-state index contributed by atoms with van der Waals surface area (Å²) in [5, 5.41) is 0. The zero-order valence-corrected chi connectivity index (χ0v) is 16.0. The van der Waals surface area contributed by atoms with E-state index in [2.05, 4.69) is 12.1 Å². The van der Waals surface area contributed by atoms with Gasteiger partial charge in [0, 0.05) is 31.0 Å². The van der Waals surface area contributed by atoms with Gasteiger partial charge in [0.15, 0.2) is 11.5 Å². The summed E-state index contributed by atoms with van der Waals surface area (Å²) in [6.07, 6.45) is 0.848. The zero-order valence-electron chi connectivity index (χ0n) is 15.2. The molecule has 0 bridgehead atoms. The van der Waals surface area contributed by atoms with E-state index in [1.807, 2.05) is 35.2 Å². The van der Waals surface area contributed by atoms with Gasteiger partial charge < -0.3 is 20.1 Å². The van der Waals surface area contributed by atoms with E-state index in [1.165, 1.54) is 5.56 Å². The van der Waals surface area contributed by atoms with Crippen LogP contribution in [0.15, 0.2) is 48.5 Å². The van der Waals surface area contributed by atoms with Gasteiger partial charge in [-0.3, -0.25) is 4.79 Å². The van der Waals surface area contributed by atoms with E-state index in [0.717, 1.165) is 6.42 Å². The van der Waals surface area contributed by atoms with Crippen LogP contribution in [0, 0.1) is 5.92 Å². The molecule has 144 valence electrons. The number of carbonyl (C=O) groups excluding carboxylic acids is 1. The van der Waals surface area contributed by atoms with Crippen molar-refractivity contribution in [2.45, 2.75) is 12.3 Å². The highest BCUT2D eigenvalue weighted by Gasteiger charge is 2.35. The van der Waals surface area contributed by atoms with Gasteiger partial charge in [0.25, 0.3) is 5.91 Å². The summed E-state index contributed by atoms with van der Waals surface area (Å²) >= 11 is 0. The van der Waals surface area contributed by atoms with Crippen LogP contribution in [0.2, 0.25) is 0 Å². The third-order valence-corrected chi connectivity index (χ3v) is 5.25. The van der Waals surface area contributed by atoms with Crippen molar-refractivity contribution in [1.82, 2.24) is 4.90 Å². The summed E-state index contributed by atoms with van der Waals surface area (Å²) in [7, 11) is 0. The lowest BCUT2D eigenvalue weighted by Crippen LogP contribution is -2.29. The fraction of sp³-hybridized carbons (Fsp3) is 0.381. The van der Waals surface area contributed by atoms with E-state index in [1.54, 1.807) is 6.07 Å². The molecule has 27 heavy (non-hydrogen) atoms. The number of ether oxygens (including phenoxy) is 2. The number of rotatable bonds is 3. The molecule has 0 unspecified atom stereocenters. The maximum atomic E-state index is 13.0. The van der Waals surface area contributed by atoms with Gasteiger partial charge in [-0.15, -0.1) is 12.4 Å². The molecule has 1 amide bonds. The molecule has 0 saturated carbocycles. The van der Waals surface area contributed by atoms with Crippen molar-refractivity contribution in [3.8, 4) is 11.5 Å². The maximum absolute atomic E-state index is 13.0. The highest BCUT2D eigenvalue weighted by atomic mass is 35.5. The topological polar surface area (TPSA) is 64.8 Å². The summed E-state index contributed by atoms with van der Waals surface area (Å²) in [5.74, 6) is 1.95. The lowest BCUT2D eigenvalue weighted by molar-refractivity contribution is 0.0786. The second-order valence-electron chi connectivity index (χ2n) is 6.94. The molecule has 0 aliphatic carbocycles. The van der Waals surface area contributed by atoms with Crippen LogP contribution in [0.1, 0.15) is 28.3 Å². The molecule has 6 heteroatoms. The molecule has 2 aliphatic heterocycles. The van der Waals surface area contributed by atoms with E-state index in [0.29, 0.717) is 49.9 Å². The predicted molar refractivity (Wildman–Crippen MR) is 107 cm³/mol. The highest BCUT2D eigenvalue weighted by Crippen LogP contribution is 2.35. The van der Waals surface area contributed by atoms with E-state index < -0.39 is 0 Å². The minimum absolute atomic E-state index is 0. The van der Waals surface area contributed by atoms with Crippen LogP contribution in [0.3, 0.4) is 0 Å². The van der Waals surface area contributed by atoms with Crippen molar-refractivity contribution in [3.05, 3.63) is 59.7 Å². The minimum atomic E-state index is 0. The number of benzene rings is 2. The predicted octanol–water partition coefficient (Wildman–Crippen LogP) is 3.08. The molecule has 2 N–H and O–H groups in total. The lowest BCUT2D eigenvalue weighted by atomic mass is 9.89. The van der Waals surface area contributed by atoms with Crippen molar-refractivity contribution in [1.29, 1.82) is 0 Å². The second kappa shape index (κ2) is 8.63. The Morgan fingerprint density at radius 3 is 2.52 bits per heavy atom. The number of fused-ring (bicyclic) bond motifs is 1. The van der Waals surface area contributed by atoms with Crippen LogP contribution in [0.25, 0.3) is 0 Å². The van der Waals surface area contributed by atoms with Gasteiger partial charge in [-0.2, -0.15) is 0 Å². The Morgan fingerprint density at radius 2 is 1.78 bits per heavy atom. The van der Waals surface area contributed by atoms with Gasteiger partial charge in [-0.1, -0.05) is 30.3 Å². The molecule has 5 nitrogen and oxygen atoms in total. The van der Waals surface area contributed by atoms with Crippen molar-refractivity contribution < 1.29 is 14.3 Å². The summed E-state index contributed by atoms with van der Waals surface area (Å²) in [6, 6.07) is 15.8. The monoisotopic (exact) mass is 388 g/mol. The molecule has 2 heterocycles. The maximum Gasteiger partial charge on any atom is 0.254 e. The zero-order chi connectivity index (χ0) is 17.9. The second-order valence-corrected chi connectivity index (χ2v) is 6.94. The fourth-order valence-corrected chi connectivity index (χ4v) is 3.83. The van der Waals surface area contributed by atoms with E-state index in [-0.39, 0.29) is 30.2 Å². The summed E-state index contributed by atoms with van der Waals surface area (Å²) < 4.78 is 11.4. The van der Waals surface area contributed by atoms with Crippen molar-refractivity contribution in [2.75, 3.05) is 32.8 Å². The third kappa shape index (κ3) is 4.04. The Labute approximate surface area is 165 Å². The molecule has 0 spiro atoms. The van der Waals surface area contributed by atoms with Crippen LogP contribution in [-0.2, 0) is 0 Å². The van der Waals surface area contributed by atoms with Crippen LogP contribution < -0.4 is 15.2 Å². The quantitative estimate of drug-likeness (QED) is 0.877. The first-order valence-electron chi connectivity index (χ1n) is 9.20. The van der Waals surface area contributed by atoms with E-state index >= 15 is 0 Å².